The van der Waals surface area contributed by atoms with E-state index >= 15 is 0 Å². The number of aliphatic hydroxyl groups is 1. The van der Waals surface area contributed by atoms with E-state index in [0.29, 0.717) is 11.5 Å². The van der Waals surface area contributed by atoms with Crippen molar-refractivity contribution in [3.63, 3.8) is 0 Å². The van der Waals surface area contributed by atoms with Crippen molar-refractivity contribution in [3.8, 4) is 5.69 Å². The molecule has 2 aromatic heterocycles. The van der Waals surface area contributed by atoms with Gasteiger partial charge in [-0.3, -0.25) is 14.2 Å². The Morgan fingerprint density at radius 2 is 1.88 bits per heavy atom. The highest BCUT2D eigenvalue weighted by Crippen LogP contribution is 2.42. The molecule has 1 saturated carbocycles. The molecule has 0 amide bonds. The van der Waals surface area contributed by atoms with Crippen LogP contribution in [0.5, 0.6) is 0 Å². The van der Waals surface area contributed by atoms with Crippen molar-refractivity contribution in [2.75, 3.05) is 0 Å². The Kier molecular flexibility index (Phi) is 4.99. The largest absolute Gasteiger partial charge is 0.391 e. The monoisotopic (exact) mass is 369 g/mol. The summed E-state index contributed by atoms with van der Waals surface area (Å²) in [5.74, 6) is -1.36. The van der Waals surface area contributed by atoms with Crippen LogP contribution in [-0.2, 0) is 6.61 Å². The lowest BCUT2D eigenvalue weighted by molar-refractivity contribution is -0.182. The molecule has 0 spiro atoms. The molecule has 140 valence electrons. The predicted molar refractivity (Wildman–Crippen MR) is 87.1 cm³/mol. The minimum atomic E-state index is -4.22. The number of nitrogens with zero attached hydrogens (tertiary/aromatic N) is 2. The van der Waals surface area contributed by atoms with Gasteiger partial charge in [0.2, 0.25) is 5.56 Å². The van der Waals surface area contributed by atoms with Gasteiger partial charge >= 0.3 is 6.18 Å². The highest BCUT2D eigenvalue weighted by Gasteiger charge is 2.42. The summed E-state index contributed by atoms with van der Waals surface area (Å²) < 4.78 is 40.0. The van der Waals surface area contributed by atoms with Gasteiger partial charge in [-0.15, -0.1) is 0 Å². The summed E-state index contributed by atoms with van der Waals surface area (Å²) in [6, 6.07) is 3.88. The normalized spacial score (nSPS) is 20.9. The van der Waals surface area contributed by atoms with E-state index in [1.54, 1.807) is 0 Å². The number of aromatic amines is 1. The average molecular weight is 369 g/mol. The number of nitrogens with one attached hydrogen (secondary N) is 1. The van der Waals surface area contributed by atoms with Crippen molar-refractivity contribution in [2.45, 2.75) is 44.4 Å². The number of pyridine rings is 1. The molecule has 26 heavy (non-hydrogen) atoms. The van der Waals surface area contributed by atoms with Gasteiger partial charge in [-0.05, 0) is 31.7 Å². The van der Waals surface area contributed by atoms with Gasteiger partial charge < -0.3 is 10.1 Å². The number of alkyl halides is 3. The Hall–Kier alpha value is -2.42. The molecule has 0 aromatic carbocycles. The van der Waals surface area contributed by atoms with Gasteiger partial charge in [0.25, 0.3) is 5.56 Å². The molecule has 0 aliphatic heterocycles. The lowest BCUT2D eigenvalue weighted by Gasteiger charge is -2.30. The molecule has 0 bridgehead atoms. The summed E-state index contributed by atoms with van der Waals surface area (Å²) in [5, 5.41) is 9.32. The van der Waals surface area contributed by atoms with Gasteiger partial charge in [0.05, 0.1) is 23.9 Å². The van der Waals surface area contributed by atoms with Crippen LogP contribution in [0.4, 0.5) is 13.2 Å². The van der Waals surface area contributed by atoms with Crippen molar-refractivity contribution in [3.05, 3.63) is 56.6 Å². The zero-order valence-corrected chi connectivity index (χ0v) is 13.8. The van der Waals surface area contributed by atoms with Crippen LogP contribution in [0.25, 0.3) is 5.69 Å². The number of aromatic nitrogens is 3. The summed E-state index contributed by atoms with van der Waals surface area (Å²) in [5.41, 5.74) is -0.249. The lowest BCUT2D eigenvalue weighted by Crippen LogP contribution is -2.31. The maximum Gasteiger partial charge on any atom is 0.391 e. The van der Waals surface area contributed by atoms with Crippen LogP contribution in [0.1, 0.15) is 43.1 Å². The number of aliphatic hydroxyl groups excluding tert-OH is 1. The molecule has 2 aromatic rings. The van der Waals surface area contributed by atoms with Crippen LogP contribution in [0, 0.1) is 5.92 Å². The molecule has 2 N–H and O–H groups in total. The first-order valence-electron chi connectivity index (χ1n) is 8.29. The lowest BCUT2D eigenvalue weighted by atomic mass is 9.81. The van der Waals surface area contributed by atoms with Gasteiger partial charge in [-0.25, -0.2) is 4.98 Å². The third kappa shape index (κ3) is 3.72. The first-order valence-corrected chi connectivity index (χ1v) is 8.29. The van der Waals surface area contributed by atoms with Crippen LogP contribution in [-0.4, -0.2) is 25.8 Å². The van der Waals surface area contributed by atoms with Crippen LogP contribution < -0.4 is 11.1 Å². The van der Waals surface area contributed by atoms with Crippen molar-refractivity contribution in [1.82, 2.24) is 14.5 Å². The minimum Gasteiger partial charge on any atom is -0.390 e. The Morgan fingerprint density at radius 3 is 2.42 bits per heavy atom. The van der Waals surface area contributed by atoms with E-state index < -0.39 is 24.3 Å². The van der Waals surface area contributed by atoms with E-state index in [9.17, 15) is 27.9 Å². The maximum atomic E-state index is 12.9. The van der Waals surface area contributed by atoms with Crippen molar-refractivity contribution in [1.29, 1.82) is 0 Å². The fourth-order valence-electron chi connectivity index (χ4n) is 3.38. The minimum absolute atomic E-state index is 0.0288. The number of H-pyrrole nitrogens is 1. The predicted octanol–water partition coefficient (Wildman–Crippen LogP) is 2.25. The number of hydrogen-bond donors (Lipinski definition) is 2. The fraction of sp³-hybridized carbons (Fsp3) is 0.471. The van der Waals surface area contributed by atoms with Crippen molar-refractivity contribution < 1.29 is 18.3 Å². The Bertz CT molecular complexity index is 876. The molecule has 1 aliphatic rings. The first-order chi connectivity index (χ1) is 12.3. The summed E-state index contributed by atoms with van der Waals surface area (Å²) in [6.07, 6.45) is -2.43. The molecule has 0 radical (unpaired) electrons. The Labute approximate surface area is 146 Å². The summed E-state index contributed by atoms with van der Waals surface area (Å²) in [7, 11) is 0. The second kappa shape index (κ2) is 7.06. The Balaban J connectivity index is 2.00. The van der Waals surface area contributed by atoms with Gasteiger partial charge in [-0.1, -0.05) is 0 Å². The molecule has 1 aliphatic carbocycles. The van der Waals surface area contributed by atoms with Crippen molar-refractivity contribution in [2.24, 2.45) is 5.92 Å². The average Bonchev–Trinajstić information content (AvgIpc) is 2.61. The quantitative estimate of drug-likeness (QED) is 0.869. The molecule has 9 heteroatoms. The summed E-state index contributed by atoms with van der Waals surface area (Å²) in [6.45, 7) is -0.438. The molecule has 0 unspecified atom stereocenters. The Morgan fingerprint density at radius 1 is 1.19 bits per heavy atom. The summed E-state index contributed by atoms with van der Waals surface area (Å²) in [4.78, 5) is 30.5. The molecule has 2 heterocycles. The third-order valence-corrected chi connectivity index (χ3v) is 4.74. The molecular formula is C17H18F3N3O3. The highest BCUT2D eigenvalue weighted by atomic mass is 19.4. The third-order valence-electron chi connectivity index (χ3n) is 4.74. The van der Waals surface area contributed by atoms with E-state index in [1.807, 2.05) is 0 Å². The molecule has 3 rings (SSSR count). The fourth-order valence-corrected chi connectivity index (χ4v) is 3.38. The van der Waals surface area contributed by atoms with E-state index in [1.165, 1.54) is 29.0 Å². The van der Waals surface area contributed by atoms with Crippen LogP contribution in [0.3, 0.4) is 0 Å². The smallest absolute Gasteiger partial charge is 0.390 e. The standard InChI is InChI=1S/C17H18F3N3O3/c18-17(19,20)11-3-1-10(2-4-11)16-22-12(9-24)7-15(26)23(16)13-5-6-14(25)21-8-13/h5-8,10-11,24H,1-4,9H2,(H,21,25). The molecular weight excluding hydrogens is 351 g/mol. The van der Waals surface area contributed by atoms with Gasteiger partial charge in [-0.2, -0.15) is 13.2 Å². The van der Waals surface area contributed by atoms with Crippen LogP contribution in [0.2, 0.25) is 0 Å². The van der Waals surface area contributed by atoms with Crippen LogP contribution in [0.15, 0.2) is 34.0 Å². The molecule has 0 saturated heterocycles. The highest BCUT2D eigenvalue weighted by molar-refractivity contribution is 5.31. The van der Waals surface area contributed by atoms with Gasteiger partial charge in [0.1, 0.15) is 5.82 Å². The van der Waals surface area contributed by atoms with Crippen molar-refractivity contribution >= 4 is 0 Å². The van der Waals surface area contributed by atoms with Gasteiger partial charge in [0.15, 0.2) is 0 Å². The second-order valence-electron chi connectivity index (χ2n) is 6.44. The topological polar surface area (TPSA) is 88.0 Å². The zero-order chi connectivity index (χ0) is 18.9. The molecule has 0 atom stereocenters. The van der Waals surface area contributed by atoms with E-state index in [-0.39, 0.29) is 42.9 Å². The molecule has 6 nitrogen and oxygen atoms in total. The van der Waals surface area contributed by atoms with Crippen LogP contribution >= 0.6 is 0 Å². The summed E-state index contributed by atoms with van der Waals surface area (Å²) >= 11 is 0. The van der Waals surface area contributed by atoms with Gasteiger partial charge in [0, 0.05) is 24.2 Å². The van der Waals surface area contributed by atoms with E-state index in [4.69, 9.17) is 0 Å². The zero-order valence-electron chi connectivity index (χ0n) is 13.8. The maximum absolute atomic E-state index is 12.9. The SMILES string of the molecule is O=c1ccc(-n2c(C3CCC(C(F)(F)F)CC3)nc(CO)cc2=O)c[nH]1. The first kappa shape index (κ1) is 18.4. The molecule has 1 fully saturated rings. The number of rotatable bonds is 3. The number of halogens is 3. The number of hydrogen-bond acceptors (Lipinski definition) is 4. The van der Waals surface area contributed by atoms with E-state index in [2.05, 4.69) is 9.97 Å². The second-order valence-corrected chi connectivity index (χ2v) is 6.44. The van der Waals surface area contributed by atoms with E-state index in [0.717, 1.165) is 0 Å².